The first-order valence-corrected chi connectivity index (χ1v) is 8.45. The molecular weight excluding hydrogens is 344 g/mol. The van der Waals surface area contributed by atoms with Crippen LogP contribution >= 0.6 is 0 Å². The summed E-state index contributed by atoms with van der Waals surface area (Å²) in [6, 6.07) is 15.5. The highest BCUT2D eigenvalue weighted by atomic mass is 16.7. The van der Waals surface area contributed by atoms with Gasteiger partial charge in [0.15, 0.2) is 0 Å². The summed E-state index contributed by atoms with van der Waals surface area (Å²) in [7, 11) is 0. The molecule has 0 unspecified atom stereocenters. The van der Waals surface area contributed by atoms with Crippen molar-refractivity contribution < 1.29 is 9.63 Å². The minimum atomic E-state index is -0.411. The highest BCUT2D eigenvalue weighted by Crippen LogP contribution is 2.18. The van der Waals surface area contributed by atoms with Crippen LogP contribution in [0.2, 0.25) is 0 Å². The van der Waals surface area contributed by atoms with Crippen LogP contribution in [-0.2, 0) is 18.0 Å². The van der Waals surface area contributed by atoms with Crippen molar-refractivity contribution >= 4 is 17.1 Å². The molecule has 2 aromatic heterocycles. The Kier molecular flexibility index (Phi) is 4.80. The third-order valence-electron chi connectivity index (χ3n) is 4.05. The zero-order chi connectivity index (χ0) is 18.5. The number of carbonyl (C=O) groups excluding carboxylic acids is 1. The van der Waals surface area contributed by atoms with Crippen molar-refractivity contribution in [3.8, 4) is 5.69 Å². The number of nitrogens with one attached hydrogen (secondary N) is 3. The molecule has 8 heteroatoms. The number of hydrogen-bond acceptors (Lipinski definition) is 4. The van der Waals surface area contributed by atoms with E-state index < -0.39 is 6.03 Å². The number of imidazole rings is 2. The minimum absolute atomic E-state index is 0.175. The maximum atomic E-state index is 11.8. The number of para-hydroxylation sites is 2. The van der Waals surface area contributed by atoms with Gasteiger partial charge >= 0.3 is 6.03 Å². The second kappa shape index (κ2) is 7.71. The molecule has 0 radical (unpaired) electrons. The molecule has 0 fully saturated rings. The van der Waals surface area contributed by atoms with Crippen molar-refractivity contribution in [1.82, 2.24) is 30.3 Å². The van der Waals surface area contributed by atoms with Gasteiger partial charge in [0.05, 0.1) is 11.0 Å². The number of H-pyrrole nitrogens is 1. The third kappa shape index (κ3) is 3.96. The molecule has 0 aliphatic heterocycles. The lowest BCUT2D eigenvalue weighted by atomic mass is 10.2. The number of benzene rings is 2. The Bertz CT molecular complexity index is 1020. The van der Waals surface area contributed by atoms with Crippen LogP contribution in [0, 0.1) is 0 Å². The molecule has 0 aliphatic carbocycles. The highest BCUT2D eigenvalue weighted by molar-refractivity contribution is 5.77. The van der Waals surface area contributed by atoms with Gasteiger partial charge in [0.25, 0.3) is 0 Å². The highest BCUT2D eigenvalue weighted by Gasteiger charge is 2.05. The normalized spacial score (nSPS) is 10.8. The van der Waals surface area contributed by atoms with E-state index in [0.717, 1.165) is 22.3 Å². The first-order valence-electron chi connectivity index (χ1n) is 8.45. The van der Waals surface area contributed by atoms with Crippen LogP contribution in [-0.4, -0.2) is 25.6 Å². The van der Waals surface area contributed by atoms with Crippen molar-refractivity contribution in [3.05, 3.63) is 78.6 Å². The van der Waals surface area contributed by atoms with Crippen LogP contribution in [0.3, 0.4) is 0 Å². The van der Waals surface area contributed by atoms with Gasteiger partial charge in [-0.3, -0.25) is 9.40 Å². The van der Waals surface area contributed by atoms with Gasteiger partial charge in [-0.2, -0.15) is 0 Å². The number of aromatic nitrogens is 4. The smallest absolute Gasteiger partial charge is 0.338 e. The third-order valence-corrected chi connectivity index (χ3v) is 4.05. The Morgan fingerprint density at radius 2 is 1.96 bits per heavy atom. The van der Waals surface area contributed by atoms with Crippen LogP contribution in [0.25, 0.3) is 16.7 Å². The number of amides is 2. The average molecular weight is 362 g/mol. The molecule has 2 amide bonds. The molecule has 3 N–H and O–H groups in total. The zero-order valence-electron chi connectivity index (χ0n) is 14.4. The second-order valence-corrected chi connectivity index (χ2v) is 5.88. The van der Waals surface area contributed by atoms with Crippen LogP contribution in [0.4, 0.5) is 4.79 Å². The first-order chi connectivity index (χ1) is 13.3. The molecule has 4 aromatic rings. The number of nitrogens with zero attached hydrogens (tertiary/aromatic N) is 3. The van der Waals surface area contributed by atoms with Gasteiger partial charge in [-0.05, 0) is 29.8 Å². The van der Waals surface area contributed by atoms with Crippen molar-refractivity contribution in [1.29, 1.82) is 0 Å². The van der Waals surface area contributed by atoms with Gasteiger partial charge in [-0.1, -0.05) is 24.3 Å². The Morgan fingerprint density at radius 3 is 2.78 bits per heavy atom. The number of hydrogen-bond donors (Lipinski definition) is 3. The molecule has 2 heterocycles. The first kappa shape index (κ1) is 16.8. The van der Waals surface area contributed by atoms with E-state index in [9.17, 15) is 4.79 Å². The predicted molar refractivity (Wildman–Crippen MR) is 99.8 cm³/mol. The van der Waals surface area contributed by atoms with Gasteiger partial charge in [0.2, 0.25) is 0 Å². The number of hydroxylamine groups is 1. The molecule has 2 aromatic carbocycles. The summed E-state index contributed by atoms with van der Waals surface area (Å²) >= 11 is 0. The standard InChI is InChI=1S/C19H18N6O2/c26-19(24-27-12-18-20-9-10-21-18)22-11-14-5-7-15(8-6-14)25-13-23-16-3-1-2-4-17(16)25/h1-10,13H,11-12H2,(H,20,21)(H2,22,24,26). The van der Waals surface area contributed by atoms with E-state index in [4.69, 9.17) is 4.84 Å². The lowest BCUT2D eigenvalue weighted by Gasteiger charge is -2.09. The van der Waals surface area contributed by atoms with E-state index in [-0.39, 0.29) is 6.61 Å². The second-order valence-electron chi connectivity index (χ2n) is 5.88. The fourth-order valence-electron chi connectivity index (χ4n) is 2.70. The number of fused-ring (bicyclic) bond motifs is 1. The summed E-state index contributed by atoms with van der Waals surface area (Å²) in [5.74, 6) is 0.637. The largest absolute Gasteiger partial charge is 0.347 e. The molecule has 4 rings (SSSR count). The Balaban J connectivity index is 1.31. The molecule has 0 saturated heterocycles. The summed E-state index contributed by atoms with van der Waals surface area (Å²) < 4.78 is 2.03. The predicted octanol–water partition coefficient (Wildman–Crippen LogP) is 2.68. The van der Waals surface area contributed by atoms with Gasteiger partial charge in [-0.25, -0.2) is 20.2 Å². The molecule has 0 aliphatic rings. The maximum absolute atomic E-state index is 11.8. The molecular formula is C19H18N6O2. The SMILES string of the molecule is O=C(NCc1ccc(-n2cnc3ccccc32)cc1)NOCc1ncc[nH]1. The summed E-state index contributed by atoms with van der Waals surface area (Å²) in [5.41, 5.74) is 6.32. The number of aromatic amines is 1. The van der Waals surface area contributed by atoms with Crippen molar-refractivity contribution in [3.63, 3.8) is 0 Å². The molecule has 136 valence electrons. The Hall–Kier alpha value is -3.65. The zero-order valence-corrected chi connectivity index (χ0v) is 14.4. The van der Waals surface area contributed by atoms with Crippen molar-refractivity contribution in [2.45, 2.75) is 13.2 Å². The summed E-state index contributed by atoms with van der Waals surface area (Å²) in [4.78, 5) is 28.1. The van der Waals surface area contributed by atoms with Crippen LogP contribution in [0.15, 0.2) is 67.3 Å². The number of urea groups is 1. The van der Waals surface area contributed by atoms with E-state index in [2.05, 4.69) is 25.7 Å². The quantitative estimate of drug-likeness (QED) is 0.460. The van der Waals surface area contributed by atoms with Crippen molar-refractivity contribution in [2.75, 3.05) is 0 Å². The Labute approximate surface area is 155 Å². The lowest BCUT2D eigenvalue weighted by Crippen LogP contribution is -2.35. The van der Waals surface area contributed by atoms with E-state index in [1.807, 2.05) is 59.4 Å². The fourth-order valence-corrected chi connectivity index (χ4v) is 2.70. The lowest BCUT2D eigenvalue weighted by molar-refractivity contribution is 0.0455. The monoisotopic (exact) mass is 362 g/mol. The van der Waals surface area contributed by atoms with E-state index >= 15 is 0 Å². The number of carbonyl (C=O) groups is 1. The Morgan fingerprint density at radius 1 is 1.11 bits per heavy atom. The van der Waals surface area contributed by atoms with Crippen LogP contribution < -0.4 is 10.8 Å². The van der Waals surface area contributed by atoms with Crippen LogP contribution in [0.5, 0.6) is 0 Å². The van der Waals surface area contributed by atoms with Gasteiger partial charge in [0.1, 0.15) is 18.8 Å². The maximum Gasteiger partial charge on any atom is 0.338 e. The molecule has 8 nitrogen and oxygen atoms in total. The topological polar surface area (TPSA) is 96.9 Å². The van der Waals surface area contributed by atoms with E-state index in [0.29, 0.717) is 12.4 Å². The van der Waals surface area contributed by atoms with E-state index in [1.165, 1.54) is 0 Å². The molecule has 0 saturated carbocycles. The van der Waals surface area contributed by atoms with Gasteiger partial charge in [0, 0.05) is 24.6 Å². The fraction of sp³-hybridized carbons (Fsp3) is 0.105. The van der Waals surface area contributed by atoms with Crippen LogP contribution in [0.1, 0.15) is 11.4 Å². The summed E-state index contributed by atoms with van der Waals surface area (Å²) in [6.07, 6.45) is 5.12. The van der Waals surface area contributed by atoms with Gasteiger partial charge < -0.3 is 10.3 Å². The number of rotatable bonds is 6. The minimum Gasteiger partial charge on any atom is -0.347 e. The molecule has 0 atom stereocenters. The van der Waals surface area contributed by atoms with Crippen molar-refractivity contribution in [2.24, 2.45) is 0 Å². The summed E-state index contributed by atoms with van der Waals surface area (Å²) in [6.45, 7) is 0.564. The van der Waals surface area contributed by atoms with E-state index in [1.54, 1.807) is 12.4 Å². The summed E-state index contributed by atoms with van der Waals surface area (Å²) in [5, 5.41) is 2.74. The molecule has 0 spiro atoms. The molecule has 27 heavy (non-hydrogen) atoms. The average Bonchev–Trinajstić information content (AvgIpc) is 3.37. The molecule has 0 bridgehead atoms. The van der Waals surface area contributed by atoms with Gasteiger partial charge in [-0.15, -0.1) is 0 Å².